The summed E-state index contributed by atoms with van der Waals surface area (Å²) in [4.78, 5) is 28.4. The number of nitriles is 1. The van der Waals surface area contributed by atoms with E-state index in [0.29, 0.717) is 36.7 Å². The van der Waals surface area contributed by atoms with Crippen LogP contribution < -0.4 is 0 Å². The molecular weight excluding hydrogens is 466 g/mol. The van der Waals surface area contributed by atoms with Gasteiger partial charge in [0.25, 0.3) is 0 Å². The summed E-state index contributed by atoms with van der Waals surface area (Å²) in [5, 5.41) is 11.6. The third-order valence-corrected chi connectivity index (χ3v) is 10.8. The molecule has 0 saturated heterocycles. The molecule has 0 aliphatic heterocycles. The highest BCUT2D eigenvalue weighted by atomic mass is 32.1. The summed E-state index contributed by atoms with van der Waals surface area (Å²) in [6.45, 7) is 7.16. The van der Waals surface area contributed by atoms with Crippen molar-refractivity contribution in [3.05, 3.63) is 34.5 Å². The Morgan fingerprint density at radius 3 is 2.85 bits per heavy atom. The number of Topliss-reactive ketones (excluding diaryl/α,β-unsaturated/α-hetero) is 2. The van der Waals surface area contributed by atoms with Crippen molar-refractivity contribution in [1.82, 2.24) is 0 Å². The van der Waals surface area contributed by atoms with E-state index in [1.165, 1.54) is 0 Å². The Morgan fingerprint density at radius 2 is 2.12 bits per heavy atom. The topological polar surface area (TPSA) is 76.4 Å². The number of hydrogen-bond acceptors (Lipinski definition) is 7. The van der Waals surface area contributed by atoms with Gasteiger partial charge in [0.2, 0.25) is 5.05 Å². The first kappa shape index (κ1) is 23.8. The normalized spacial score (nSPS) is 38.7. The molecular formula is C27H31NO4S2. The monoisotopic (exact) mass is 497 g/mol. The highest BCUT2D eigenvalue weighted by Crippen LogP contribution is 2.70. The van der Waals surface area contributed by atoms with Gasteiger partial charge in [-0.1, -0.05) is 26.0 Å². The zero-order valence-electron chi connectivity index (χ0n) is 19.6. The van der Waals surface area contributed by atoms with Crippen molar-refractivity contribution < 1.29 is 19.1 Å². The van der Waals surface area contributed by atoms with Crippen LogP contribution >= 0.6 is 23.6 Å². The van der Waals surface area contributed by atoms with Gasteiger partial charge in [0, 0.05) is 17.3 Å². The Kier molecular flexibility index (Phi) is 6.07. The van der Waals surface area contributed by atoms with Crippen molar-refractivity contribution in [3.63, 3.8) is 0 Å². The lowest BCUT2D eigenvalue weighted by Crippen LogP contribution is -2.69. The van der Waals surface area contributed by atoms with Gasteiger partial charge in [-0.3, -0.25) is 9.59 Å². The first-order chi connectivity index (χ1) is 16.3. The molecule has 5 nitrogen and oxygen atoms in total. The summed E-state index contributed by atoms with van der Waals surface area (Å²) in [6.07, 6.45) is 5.46. The molecule has 3 unspecified atom stereocenters. The Morgan fingerprint density at radius 1 is 1.29 bits per heavy atom. The van der Waals surface area contributed by atoms with Crippen molar-refractivity contribution >= 4 is 40.2 Å². The van der Waals surface area contributed by atoms with E-state index in [0.717, 1.165) is 37.0 Å². The predicted octanol–water partition coefficient (Wildman–Crippen LogP) is 5.29. The van der Waals surface area contributed by atoms with Gasteiger partial charge >= 0.3 is 0 Å². The average molecular weight is 498 g/mol. The third-order valence-electron chi connectivity index (χ3n) is 9.49. The fourth-order valence-electron chi connectivity index (χ4n) is 7.95. The molecule has 7 heteroatoms. The van der Waals surface area contributed by atoms with E-state index in [1.54, 1.807) is 11.3 Å². The number of rotatable bonds is 6. The second kappa shape index (κ2) is 8.65. The minimum absolute atomic E-state index is 0.0158. The van der Waals surface area contributed by atoms with Gasteiger partial charge in [-0.15, -0.1) is 11.3 Å². The molecule has 5 aliphatic rings. The lowest BCUT2D eigenvalue weighted by atomic mass is 9.36. The van der Waals surface area contributed by atoms with Gasteiger partial charge in [-0.25, -0.2) is 0 Å². The van der Waals surface area contributed by atoms with Crippen LogP contribution in [-0.2, 0) is 19.1 Å². The second-order valence-electron chi connectivity index (χ2n) is 11.0. The first-order valence-corrected chi connectivity index (χ1v) is 13.5. The van der Waals surface area contributed by atoms with Crippen LogP contribution in [0.15, 0.2) is 29.7 Å². The van der Waals surface area contributed by atoms with Gasteiger partial charge in [-0.05, 0) is 79.1 Å². The molecule has 5 aliphatic carbocycles. The molecule has 34 heavy (non-hydrogen) atoms. The largest absolute Gasteiger partial charge is 0.482 e. The van der Waals surface area contributed by atoms with Crippen LogP contribution in [0.1, 0.15) is 56.7 Å². The molecule has 5 fully saturated rings. The summed E-state index contributed by atoms with van der Waals surface area (Å²) in [7, 11) is 0. The van der Waals surface area contributed by atoms with Crippen LogP contribution in [0.3, 0.4) is 0 Å². The fraction of sp³-hybridized carbons (Fsp3) is 0.630. The number of thiophene rings is 1. The summed E-state index contributed by atoms with van der Waals surface area (Å²) in [5.41, 5.74) is -0.917. The van der Waals surface area contributed by atoms with Crippen LogP contribution in [-0.4, -0.2) is 36.4 Å². The van der Waals surface area contributed by atoms with Gasteiger partial charge < -0.3 is 9.47 Å². The highest BCUT2D eigenvalue weighted by molar-refractivity contribution is 7.80. The molecule has 0 aromatic carbocycles. The Hall–Kier alpha value is -1.88. The second-order valence-corrected chi connectivity index (χ2v) is 12.3. The van der Waals surface area contributed by atoms with E-state index in [9.17, 15) is 9.59 Å². The summed E-state index contributed by atoms with van der Waals surface area (Å²) < 4.78 is 12.1. The molecule has 180 valence electrons. The maximum atomic E-state index is 13.9. The number of hydrogen-bond donors (Lipinski definition) is 0. The van der Waals surface area contributed by atoms with Crippen LogP contribution in [0.4, 0.5) is 0 Å². The number of ether oxygens (including phenoxy) is 2. The number of fused-ring (bicyclic) bond motifs is 3. The van der Waals surface area contributed by atoms with E-state index < -0.39 is 5.41 Å². The third kappa shape index (κ3) is 3.37. The molecule has 1 aromatic heterocycles. The molecule has 1 heterocycles. The molecule has 5 saturated carbocycles. The fourth-order valence-corrected chi connectivity index (χ4v) is 8.84. The molecule has 6 atom stereocenters. The minimum atomic E-state index is -0.955. The van der Waals surface area contributed by atoms with Crippen LogP contribution in [0.5, 0.6) is 0 Å². The number of nitrogens with zero attached hydrogens (tertiary/aromatic N) is 1. The lowest BCUT2D eigenvalue weighted by molar-refractivity contribution is -0.203. The number of carbonyl (C=O) groups excluding carboxylic acids is 2. The van der Waals surface area contributed by atoms with E-state index in [2.05, 4.69) is 19.6 Å². The zero-order valence-corrected chi connectivity index (χ0v) is 21.3. The Balaban J connectivity index is 1.51. The predicted molar refractivity (Wildman–Crippen MR) is 133 cm³/mol. The molecule has 2 bridgehead atoms. The quantitative estimate of drug-likeness (QED) is 0.230. The highest BCUT2D eigenvalue weighted by Gasteiger charge is 2.71. The van der Waals surface area contributed by atoms with Crippen molar-refractivity contribution in [2.75, 3.05) is 19.8 Å². The van der Waals surface area contributed by atoms with Gasteiger partial charge in [0.15, 0.2) is 5.78 Å². The van der Waals surface area contributed by atoms with Gasteiger partial charge in [0.1, 0.15) is 12.4 Å². The van der Waals surface area contributed by atoms with Crippen molar-refractivity contribution in [1.29, 1.82) is 5.26 Å². The number of thiocarbonyl (C=S) groups is 1. The summed E-state index contributed by atoms with van der Waals surface area (Å²) in [5.74, 6) is 0.157. The van der Waals surface area contributed by atoms with Crippen molar-refractivity contribution in [2.24, 2.45) is 34.0 Å². The van der Waals surface area contributed by atoms with E-state index >= 15 is 0 Å². The maximum Gasteiger partial charge on any atom is 0.201 e. The van der Waals surface area contributed by atoms with Crippen molar-refractivity contribution in [3.8, 4) is 6.07 Å². The number of allylic oxidation sites excluding steroid dienone is 1. The first-order valence-electron chi connectivity index (χ1n) is 12.2. The van der Waals surface area contributed by atoms with Gasteiger partial charge in [-0.2, -0.15) is 5.26 Å². The van der Waals surface area contributed by atoms with E-state index in [1.807, 2.05) is 17.5 Å². The Bertz CT molecular complexity index is 1070. The molecule has 1 spiro atoms. The van der Waals surface area contributed by atoms with Crippen LogP contribution in [0.2, 0.25) is 0 Å². The average Bonchev–Trinajstić information content (AvgIpc) is 3.37. The van der Waals surface area contributed by atoms with Gasteiger partial charge in [0.05, 0.1) is 29.6 Å². The van der Waals surface area contributed by atoms with E-state index in [4.69, 9.17) is 27.0 Å². The SMILES string of the molecule is C=C1C(=O)C23CC[C@H]1CC2[C@]1(COCC#N)CCC[C@@](C)(COC(=S)c2cccs2)C1CC3=O. The number of ketones is 2. The Labute approximate surface area is 210 Å². The zero-order chi connectivity index (χ0) is 24.1. The van der Waals surface area contributed by atoms with Crippen LogP contribution in [0, 0.1) is 45.3 Å². The molecule has 0 radical (unpaired) electrons. The number of carbonyl (C=O) groups is 2. The maximum absolute atomic E-state index is 13.9. The molecule has 0 amide bonds. The van der Waals surface area contributed by atoms with E-state index in [-0.39, 0.29) is 46.8 Å². The van der Waals surface area contributed by atoms with Crippen molar-refractivity contribution in [2.45, 2.75) is 51.9 Å². The summed E-state index contributed by atoms with van der Waals surface area (Å²) in [6, 6.07) is 6.01. The molecule has 1 aromatic rings. The minimum Gasteiger partial charge on any atom is -0.482 e. The van der Waals surface area contributed by atoms with Crippen LogP contribution in [0.25, 0.3) is 0 Å². The lowest BCUT2D eigenvalue weighted by Gasteiger charge is -2.66. The summed E-state index contributed by atoms with van der Waals surface area (Å²) >= 11 is 7.10. The smallest absolute Gasteiger partial charge is 0.201 e. The molecule has 6 rings (SSSR count). The standard InChI is InChI=1S/C27H31NO4S2/c1-17-18-6-9-27(23(17)30)21(13-18)26(16-31-11-10-28)8-4-7-25(2,20(26)14-22(27)29)15-32-24(33)19-5-3-12-34-19/h3,5,12,18,20-21H,1,4,6-9,11,13-16H2,2H3/t18-,20?,21?,25-,26-,27?/m0/s1. The molecule has 0 N–H and O–H groups in total.